The van der Waals surface area contributed by atoms with Crippen LogP contribution in [0.1, 0.15) is 31.9 Å². The van der Waals surface area contributed by atoms with Gasteiger partial charge in [0.1, 0.15) is 29.4 Å². The van der Waals surface area contributed by atoms with Crippen molar-refractivity contribution in [2.24, 2.45) is 11.7 Å². The number of fused-ring (bicyclic) bond motifs is 2. The van der Waals surface area contributed by atoms with Gasteiger partial charge in [-0.3, -0.25) is 0 Å². The van der Waals surface area contributed by atoms with E-state index >= 15 is 0 Å². The molecule has 2 aromatic heterocycles. The molecule has 4 atom stereocenters. The summed E-state index contributed by atoms with van der Waals surface area (Å²) < 4.78 is 25.3. The molecule has 2 aliphatic rings. The fraction of sp³-hybridized carbons (Fsp3) is 0.522. The third kappa shape index (κ3) is 3.88. The molecule has 1 saturated carbocycles. The van der Waals surface area contributed by atoms with Crippen molar-refractivity contribution in [2.75, 3.05) is 26.1 Å². The molecule has 0 spiro atoms. The van der Waals surface area contributed by atoms with E-state index in [0.29, 0.717) is 24.4 Å². The Morgan fingerprint density at radius 1 is 1.15 bits per heavy atom. The highest BCUT2D eigenvalue weighted by molar-refractivity contribution is 5.82. The van der Waals surface area contributed by atoms with Gasteiger partial charge >= 0.3 is 0 Å². The molecule has 1 aromatic carbocycles. The molecule has 1 saturated heterocycles. The molecule has 3 aromatic rings. The fourth-order valence-electron chi connectivity index (χ4n) is 4.96. The minimum Gasteiger partial charge on any atom is -0.497 e. The first kappa shape index (κ1) is 21.9. The van der Waals surface area contributed by atoms with Crippen LogP contribution >= 0.6 is 0 Å². The second kappa shape index (κ2) is 8.44. The van der Waals surface area contributed by atoms with E-state index in [1.54, 1.807) is 20.5 Å². The Morgan fingerprint density at radius 3 is 2.73 bits per heavy atom. The summed E-state index contributed by atoms with van der Waals surface area (Å²) in [6, 6.07) is 5.77. The molecule has 10 nitrogen and oxygen atoms in total. The van der Waals surface area contributed by atoms with Crippen LogP contribution in [0.5, 0.6) is 11.5 Å². The maximum Gasteiger partial charge on any atom is 0.165 e. The number of imidazole rings is 1. The van der Waals surface area contributed by atoms with Gasteiger partial charge in [-0.05, 0) is 38.9 Å². The quantitative estimate of drug-likeness (QED) is 0.555. The van der Waals surface area contributed by atoms with Crippen molar-refractivity contribution in [3.8, 4) is 11.5 Å². The standard InChI is InChI=1S/C23H30N6O4/c1-23(2)32-19-14(9-24)7-16(20(19)33-23)29-12-28-18-21(26-11-27-22(18)29)25-10-13-5-6-15(30-3)8-17(13)31-4/h5-6,8,11-12,14,16,19-20H,7,9-10,24H2,1-4H3,(H,25,26,27)/t14-,16-,19-,20+/m1/s1. The maximum atomic E-state index is 6.26. The summed E-state index contributed by atoms with van der Waals surface area (Å²) in [5, 5.41) is 3.38. The second-order valence-electron chi connectivity index (χ2n) is 8.94. The molecule has 3 N–H and O–H groups in total. The van der Waals surface area contributed by atoms with Crippen LogP contribution in [-0.4, -0.2) is 58.3 Å². The lowest BCUT2D eigenvalue weighted by Crippen LogP contribution is -2.29. The van der Waals surface area contributed by atoms with Gasteiger partial charge in [-0.25, -0.2) is 15.0 Å². The van der Waals surface area contributed by atoms with E-state index in [2.05, 4.69) is 24.8 Å². The number of rotatable bonds is 7. The van der Waals surface area contributed by atoms with Crippen molar-refractivity contribution in [3.63, 3.8) is 0 Å². The number of hydrogen-bond donors (Lipinski definition) is 2. The molecule has 33 heavy (non-hydrogen) atoms. The first-order valence-corrected chi connectivity index (χ1v) is 11.1. The van der Waals surface area contributed by atoms with E-state index in [0.717, 1.165) is 29.1 Å². The first-order valence-electron chi connectivity index (χ1n) is 11.1. The van der Waals surface area contributed by atoms with Gasteiger partial charge in [0.2, 0.25) is 0 Å². The highest BCUT2D eigenvalue weighted by Crippen LogP contribution is 2.47. The number of methoxy groups -OCH3 is 2. The Labute approximate surface area is 192 Å². The van der Waals surface area contributed by atoms with Crippen molar-refractivity contribution < 1.29 is 18.9 Å². The average Bonchev–Trinajstić information content (AvgIpc) is 3.48. The molecule has 1 aliphatic heterocycles. The molecule has 5 rings (SSSR count). The number of benzene rings is 1. The zero-order chi connectivity index (χ0) is 23.2. The van der Waals surface area contributed by atoms with Crippen LogP contribution in [0.4, 0.5) is 5.82 Å². The van der Waals surface area contributed by atoms with Crippen LogP contribution < -0.4 is 20.5 Å². The van der Waals surface area contributed by atoms with Crippen LogP contribution in [0.2, 0.25) is 0 Å². The van der Waals surface area contributed by atoms with Gasteiger partial charge in [-0.15, -0.1) is 0 Å². The second-order valence-corrected chi connectivity index (χ2v) is 8.94. The summed E-state index contributed by atoms with van der Waals surface area (Å²) in [4.78, 5) is 13.6. The summed E-state index contributed by atoms with van der Waals surface area (Å²) in [7, 11) is 3.27. The number of nitrogens with one attached hydrogen (secondary N) is 1. The number of hydrogen-bond acceptors (Lipinski definition) is 9. The van der Waals surface area contributed by atoms with Crippen molar-refractivity contribution in [2.45, 2.75) is 50.8 Å². The van der Waals surface area contributed by atoms with Gasteiger partial charge in [-0.1, -0.05) is 0 Å². The Bertz CT molecular complexity index is 1150. The van der Waals surface area contributed by atoms with Gasteiger partial charge in [0, 0.05) is 24.1 Å². The zero-order valence-electron chi connectivity index (χ0n) is 19.3. The lowest BCUT2D eigenvalue weighted by atomic mass is 10.1. The highest BCUT2D eigenvalue weighted by Gasteiger charge is 2.54. The van der Waals surface area contributed by atoms with Gasteiger partial charge in [0.05, 0.1) is 32.7 Å². The summed E-state index contributed by atoms with van der Waals surface area (Å²) >= 11 is 0. The smallest absolute Gasteiger partial charge is 0.165 e. The van der Waals surface area contributed by atoms with E-state index in [9.17, 15) is 0 Å². The first-order chi connectivity index (χ1) is 15.9. The lowest BCUT2D eigenvalue weighted by molar-refractivity contribution is -0.159. The number of ether oxygens (including phenoxy) is 4. The molecule has 0 bridgehead atoms. The third-order valence-electron chi connectivity index (χ3n) is 6.51. The van der Waals surface area contributed by atoms with Crippen molar-refractivity contribution in [1.82, 2.24) is 19.5 Å². The van der Waals surface area contributed by atoms with E-state index in [4.69, 9.17) is 24.7 Å². The van der Waals surface area contributed by atoms with E-state index < -0.39 is 5.79 Å². The topological polar surface area (TPSA) is 119 Å². The van der Waals surface area contributed by atoms with E-state index in [1.165, 1.54) is 0 Å². The summed E-state index contributed by atoms with van der Waals surface area (Å²) in [6.07, 6.45) is 4.09. The molecule has 0 radical (unpaired) electrons. The summed E-state index contributed by atoms with van der Waals surface area (Å²) in [6.45, 7) is 4.95. The minimum absolute atomic E-state index is 0.0329. The molecule has 3 heterocycles. The SMILES string of the molecule is COc1ccc(CNc2ncnc3c2ncn3[C@@H]2C[C@H](CN)[C@H]3OC(C)(C)O[C@H]32)c(OC)c1. The van der Waals surface area contributed by atoms with Crippen LogP contribution in [0.15, 0.2) is 30.9 Å². The van der Waals surface area contributed by atoms with Crippen molar-refractivity contribution >= 4 is 17.0 Å². The zero-order valence-corrected chi connectivity index (χ0v) is 19.3. The minimum atomic E-state index is -0.628. The van der Waals surface area contributed by atoms with Crippen LogP contribution in [-0.2, 0) is 16.0 Å². The third-order valence-corrected chi connectivity index (χ3v) is 6.51. The Kier molecular flexibility index (Phi) is 5.59. The molecule has 10 heteroatoms. The highest BCUT2D eigenvalue weighted by atomic mass is 16.8. The van der Waals surface area contributed by atoms with Crippen LogP contribution in [0, 0.1) is 5.92 Å². The van der Waals surface area contributed by atoms with Crippen molar-refractivity contribution in [3.05, 3.63) is 36.4 Å². The number of nitrogens with zero attached hydrogens (tertiary/aromatic N) is 4. The maximum absolute atomic E-state index is 6.26. The molecule has 0 unspecified atom stereocenters. The normalized spacial score (nSPS) is 25.8. The van der Waals surface area contributed by atoms with Gasteiger partial charge in [0.15, 0.2) is 17.3 Å². The molecule has 2 fully saturated rings. The molecule has 0 amide bonds. The molecular weight excluding hydrogens is 424 g/mol. The average molecular weight is 455 g/mol. The Balaban J connectivity index is 1.41. The van der Waals surface area contributed by atoms with Crippen LogP contribution in [0.3, 0.4) is 0 Å². The number of anilines is 1. The summed E-state index contributed by atoms with van der Waals surface area (Å²) in [5.74, 6) is 1.73. The number of aromatic nitrogens is 4. The monoisotopic (exact) mass is 454 g/mol. The lowest BCUT2D eigenvalue weighted by Gasteiger charge is -2.23. The molecule has 176 valence electrons. The van der Waals surface area contributed by atoms with E-state index in [-0.39, 0.29) is 24.2 Å². The predicted octanol–water partition coefficient (Wildman–Crippen LogP) is 2.50. The van der Waals surface area contributed by atoms with Gasteiger partial charge in [0.25, 0.3) is 0 Å². The summed E-state index contributed by atoms with van der Waals surface area (Å²) in [5.41, 5.74) is 8.49. The van der Waals surface area contributed by atoms with E-state index in [1.807, 2.05) is 38.4 Å². The number of nitrogens with two attached hydrogens (primary N) is 1. The van der Waals surface area contributed by atoms with Crippen LogP contribution in [0.25, 0.3) is 11.2 Å². The Hall–Kier alpha value is -2.95. The van der Waals surface area contributed by atoms with Gasteiger partial charge in [-0.2, -0.15) is 0 Å². The Morgan fingerprint density at radius 2 is 1.97 bits per heavy atom. The fourth-order valence-corrected chi connectivity index (χ4v) is 4.96. The largest absolute Gasteiger partial charge is 0.497 e. The molecular formula is C23H30N6O4. The molecule has 1 aliphatic carbocycles. The van der Waals surface area contributed by atoms with Crippen molar-refractivity contribution in [1.29, 1.82) is 0 Å². The predicted molar refractivity (Wildman–Crippen MR) is 122 cm³/mol. The van der Waals surface area contributed by atoms with Gasteiger partial charge < -0.3 is 34.6 Å².